The first-order valence-corrected chi connectivity index (χ1v) is 15.3. The molecule has 0 aliphatic rings. The third-order valence-corrected chi connectivity index (χ3v) is 9.23. The molecule has 10 aromatic rings. The van der Waals surface area contributed by atoms with Crippen molar-refractivity contribution in [3.8, 4) is 22.6 Å². The molecule has 0 amide bonds. The van der Waals surface area contributed by atoms with Crippen molar-refractivity contribution in [3.05, 3.63) is 146 Å². The predicted molar refractivity (Wildman–Crippen MR) is 188 cm³/mol. The highest BCUT2D eigenvalue weighted by molar-refractivity contribution is 6.37. The first-order chi connectivity index (χ1) is 22.3. The smallest absolute Gasteiger partial charge is 0.160 e. The summed E-state index contributed by atoms with van der Waals surface area (Å²) < 4.78 is 6.50. The molecule has 0 saturated carbocycles. The molecule has 0 aliphatic heterocycles. The minimum absolute atomic E-state index is 0.719. The number of benzene rings is 8. The third kappa shape index (κ3) is 3.52. The summed E-state index contributed by atoms with van der Waals surface area (Å²) in [4.78, 5) is 10.3. The first-order valence-electron chi connectivity index (χ1n) is 15.3. The lowest BCUT2D eigenvalue weighted by Crippen LogP contribution is -1.95. The molecule has 45 heavy (non-hydrogen) atoms. The molecule has 3 heteroatoms. The highest BCUT2D eigenvalue weighted by atomic mass is 16.3. The van der Waals surface area contributed by atoms with Gasteiger partial charge < -0.3 is 4.42 Å². The Morgan fingerprint density at radius 1 is 0.378 bits per heavy atom. The molecule has 0 fully saturated rings. The van der Waals surface area contributed by atoms with Gasteiger partial charge in [-0.15, -0.1) is 0 Å². The van der Waals surface area contributed by atoms with E-state index >= 15 is 0 Å². The van der Waals surface area contributed by atoms with Gasteiger partial charge in [0.1, 0.15) is 11.2 Å². The number of para-hydroxylation sites is 1. The van der Waals surface area contributed by atoms with E-state index in [2.05, 4.69) is 133 Å². The van der Waals surface area contributed by atoms with Crippen LogP contribution < -0.4 is 0 Å². The van der Waals surface area contributed by atoms with Gasteiger partial charge in [-0.3, -0.25) is 0 Å². The molecule has 2 heterocycles. The van der Waals surface area contributed by atoms with Crippen molar-refractivity contribution >= 4 is 75.9 Å². The van der Waals surface area contributed by atoms with Gasteiger partial charge in [-0.25, -0.2) is 9.97 Å². The van der Waals surface area contributed by atoms with E-state index in [1.165, 1.54) is 48.5 Å². The van der Waals surface area contributed by atoms with E-state index in [4.69, 9.17) is 14.4 Å². The minimum atomic E-state index is 0.719. The van der Waals surface area contributed by atoms with Gasteiger partial charge in [0.2, 0.25) is 0 Å². The summed E-state index contributed by atoms with van der Waals surface area (Å²) in [7, 11) is 0. The second-order valence-corrected chi connectivity index (χ2v) is 11.7. The predicted octanol–water partition coefficient (Wildman–Crippen LogP) is 11.5. The zero-order valence-corrected chi connectivity index (χ0v) is 24.2. The van der Waals surface area contributed by atoms with Crippen LogP contribution in [0.25, 0.3) is 98.6 Å². The summed E-state index contributed by atoms with van der Waals surface area (Å²) in [5.41, 5.74) is 5.76. The van der Waals surface area contributed by atoms with E-state index in [1.807, 2.05) is 12.1 Å². The standard InChI is InChI=1S/C42H24N2O/c1-2-11-26(12-3-1)41-33-16-8-9-17-35(33)43-42(44-41)27-18-20-32-34(24-27)30-15-7-6-14-29(30)31-21-23-37-40(38(31)32)39-28-13-5-4-10-25(28)19-22-36(39)45-37/h1-24H. The van der Waals surface area contributed by atoms with Crippen molar-refractivity contribution < 1.29 is 4.42 Å². The molecule has 208 valence electrons. The Morgan fingerprint density at radius 2 is 1.02 bits per heavy atom. The number of rotatable bonds is 2. The van der Waals surface area contributed by atoms with Crippen LogP contribution in [0.1, 0.15) is 0 Å². The Balaban J connectivity index is 1.33. The van der Waals surface area contributed by atoms with E-state index in [0.29, 0.717) is 0 Å². The molecule has 0 saturated heterocycles. The van der Waals surface area contributed by atoms with Crippen LogP contribution in [0.2, 0.25) is 0 Å². The zero-order chi connectivity index (χ0) is 29.5. The third-order valence-electron chi connectivity index (χ3n) is 9.23. The van der Waals surface area contributed by atoms with Crippen molar-refractivity contribution in [2.75, 3.05) is 0 Å². The monoisotopic (exact) mass is 572 g/mol. The van der Waals surface area contributed by atoms with Crippen molar-refractivity contribution in [1.29, 1.82) is 0 Å². The Bertz CT molecular complexity index is 2810. The van der Waals surface area contributed by atoms with E-state index < -0.39 is 0 Å². The normalized spacial score (nSPS) is 12.0. The second-order valence-electron chi connectivity index (χ2n) is 11.7. The molecule has 0 radical (unpaired) electrons. The fourth-order valence-electron chi connectivity index (χ4n) is 7.23. The first kappa shape index (κ1) is 24.4. The molecule has 0 aliphatic carbocycles. The highest BCUT2D eigenvalue weighted by Gasteiger charge is 2.19. The van der Waals surface area contributed by atoms with Gasteiger partial charge >= 0.3 is 0 Å². The zero-order valence-electron chi connectivity index (χ0n) is 24.2. The molecule has 10 rings (SSSR count). The summed E-state index contributed by atoms with van der Waals surface area (Å²) in [5, 5.41) is 13.0. The van der Waals surface area contributed by atoms with Crippen LogP contribution in [-0.2, 0) is 0 Å². The molecule has 2 aromatic heterocycles. The number of fused-ring (bicyclic) bond motifs is 13. The maximum absolute atomic E-state index is 6.50. The quantitative estimate of drug-likeness (QED) is 0.193. The van der Waals surface area contributed by atoms with E-state index in [9.17, 15) is 0 Å². The van der Waals surface area contributed by atoms with Gasteiger partial charge in [0.25, 0.3) is 0 Å². The topological polar surface area (TPSA) is 38.9 Å². The maximum Gasteiger partial charge on any atom is 0.160 e. The summed E-state index contributed by atoms with van der Waals surface area (Å²) in [6, 6.07) is 51.2. The van der Waals surface area contributed by atoms with E-state index in [0.717, 1.165) is 50.1 Å². The van der Waals surface area contributed by atoms with Crippen LogP contribution in [-0.4, -0.2) is 9.97 Å². The van der Waals surface area contributed by atoms with Gasteiger partial charge in [0.15, 0.2) is 5.82 Å². The fraction of sp³-hybridized carbons (Fsp3) is 0. The van der Waals surface area contributed by atoms with Crippen molar-refractivity contribution in [1.82, 2.24) is 9.97 Å². The molecular formula is C42H24N2O. The van der Waals surface area contributed by atoms with Crippen LogP contribution in [0, 0.1) is 0 Å². The minimum Gasteiger partial charge on any atom is -0.456 e. The number of nitrogens with zero attached hydrogens (tertiary/aromatic N) is 2. The number of furan rings is 1. The molecule has 0 atom stereocenters. The van der Waals surface area contributed by atoms with Gasteiger partial charge in [0, 0.05) is 32.7 Å². The molecule has 0 spiro atoms. The molecule has 0 unspecified atom stereocenters. The van der Waals surface area contributed by atoms with Crippen LogP contribution >= 0.6 is 0 Å². The average molecular weight is 573 g/mol. The molecule has 3 nitrogen and oxygen atoms in total. The summed E-state index contributed by atoms with van der Waals surface area (Å²) in [5.74, 6) is 0.719. The second kappa shape index (κ2) is 9.22. The summed E-state index contributed by atoms with van der Waals surface area (Å²) in [6.07, 6.45) is 0. The lowest BCUT2D eigenvalue weighted by molar-refractivity contribution is 0.669. The van der Waals surface area contributed by atoms with Gasteiger partial charge in [-0.2, -0.15) is 0 Å². The van der Waals surface area contributed by atoms with Gasteiger partial charge in [0.05, 0.1) is 11.2 Å². The van der Waals surface area contributed by atoms with Crippen LogP contribution in [0.5, 0.6) is 0 Å². The molecular weight excluding hydrogens is 548 g/mol. The van der Waals surface area contributed by atoms with Crippen molar-refractivity contribution in [3.63, 3.8) is 0 Å². The Morgan fingerprint density at radius 3 is 1.89 bits per heavy atom. The number of hydrogen-bond acceptors (Lipinski definition) is 3. The van der Waals surface area contributed by atoms with Gasteiger partial charge in [-0.1, -0.05) is 115 Å². The van der Waals surface area contributed by atoms with Crippen LogP contribution in [0.15, 0.2) is 150 Å². The van der Waals surface area contributed by atoms with E-state index in [-0.39, 0.29) is 0 Å². The fourth-order valence-corrected chi connectivity index (χ4v) is 7.23. The van der Waals surface area contributed by atoms with Crippen molar-refractivity contribution in [2.24, 2.45) is 0 Å². The van der Waals surface area contributed by atoms with Crippen molar-refractivity contribution in [2.45, 2.75) is 0 Å². The highest BCUT2D eigenvalue weighted by Crippen LogP contribution is 2.45. The Kier molecular flexibility index (Phi) is 5.00. The Labute approximate surface area is 258 Å². The number of hydrogen-bond donors (Lipinski definition) is 0. The average Bonchev–Trinajstić information content (AvgIpc) is 3.51. The maximum atomic E-state index is 6.50. The largest absolute Gasteiger partial charge is 0.456 e. The van der Waals surface area contributed by atoms with E-state index in [1.54, 1.807) is 0 Å². The molecule has 0 bridgehead atoms. The number of aromatic nitrogens is 2. The van der Waals surface area contributed by atoms with Crippen LogP contribution in [0.4, 0.5) is 0 Å². The lowest BCUT2D eigenvalue weighted by atomic mass is 9.90. The lowest BCUT2D eigenvalue weighted by Gasteiger charge is -2.14. The summed E-state index contributed by atoms with van der Waals surface area (Å²) in [6.45, 7) is 0. The SMILES string of the molecule is c1ccc(-c2nc(-c3ccc4c(c3)c3ccccc3c3ccc5oc6ccc7ccccc7c6c5c34)nc3ccccc23)cc1. The van der Waals surface area contributed by atoms with Gasteiger partial charge in [-0.05, 0) is 68.0 Å². The summed E-state index contributed by atoms with van der Waals surface area (Å²) >= 11 is 0. The molecule has 8 aromatic carbocycles. The van der Waals surface area contributed by atoms with Crippen LogP contribution in [0.3, 0.4) is 0 Å². The Hall–Kier alpha value is -6.06. The molecule has 0 N–H and O–H groups in total.